The van der Waals surface area contributed by atoms with Gasteiger partial charge in [0.1, 0.15) is 5.82 Å². The first kappa shape index (κ1) is 14.0. The molecule has 4 nitrogen and oxygen atoms in total. The number of nitrogens with one attached hydrogen (secondary N) is 2. The van der Waals surface area contributed by atoms with Gasteiger partial charge in [0, 0.05) is 16.8 Å². The number of benzene rings is 1. The predicted molar refractivity (Wildman–Crippen MR) is 73.6 cm³/mol. The summed E-state index contributed by atoms with van der Waals surface area (Å²) < 4.78 is 13.6. The molecule has 19 heavy (non-hydrogen) atoms. The third-order valence-electron chi connectivity index (χ3n) is 2.60. The molecule has 0 aliphatic heterocycles. The van der Waals surface area contributed by atoms with E-state index in [9.17, 15) is 9.18 Å². The quantitative estimate of drug-likeness (QED) is 0.836. The number of halogens is 3. The van der Waals surface area contributed by atoms with Gasteiger partial charge in [-0.3, -0.25) is 9.89 Å². The third-order valence-corrected chi connectivity index (χ3v) is 3.63. The molecule has 2 aromatic rings. The smallest absolute Gasteiger partial charge is 0.253 e. The van der Waals surface area contributed by atoms with Crippen LogP contribution in [0.25, 0.3) is 0 Å². The van der Waals surface area contributed by atoms with Crippen molar-refractivity contribution in [2.45, 2.75) is 13.0 Å². The first-order chi connectivity index (χ1) is 8.99. The lowest BCUT2D eigenvalue weighted by Crippen LogP contribution is -2.27. The molecule has 1 heterocycles. The van der Waals surface area contributed by atoms with Crippen LogP contribution in [0.15, 0.2) is 29.0 Å². The zero-order valence-corrected chi connectivity index (χ0v) is 12.2. The summed E-state index contributed by atoms with van der Waals surface area (Å²) in [6.07, 6.45) is 3.29. The van der Waals surface area contributed by atoms with E-state index in [1.807, 2.05) is 0 Å². The maximum absolute atomic E-state index is 13.5. The highest BCUT2D eigenvalue weighted by Crippen LogP contribution is 2.25. The first-order valence-electron chi connectivity index (χ1n) is 5.43. The molecule has 0 aliphatic carbocycles. The molecule has 0 radical (unpaired) electrons. The minimum atomic E-state index is -0.575. The van der Waals surface area contributed by atoms with Crippen molar-refractivity contribution in [2.75, 3.05) is 0 Å². The highest BCUT2D eigenvalue weighted by Gasteiger charge is 2.17. The molecule has 0 saturated carbocycles. The summed E-state index contributed by atoms with van der Waals surface area (Å²) in [6, 6.07) is 2.30. The minimum absolute atomic E-state index is 0.0915. The minimum Gasteiger partial charge on any atom is -0.345 e. The Morgan fingerprint density at radius 3 is 2.95 bits per heavy atom. The second-order valence-electron chi connectivity index (χ2n) is 3.98. The molecule has 2 N–H and O–H groups in total. The molecule has 0 saturated heterocycles. The van der Waals surface area contributed by atoms with Gasteiger partial charge in [0.2, 0.25) is 0 Å². The average Bonchev–Trinajstić information content (AvgIpc) is 2.87. The molecule has 0 unspecified atom stereocenters. The SMILES string of the molecule is C[C@@H](NC(=O)c1cc(Cl)cc(F)c1Br)c1cn[nH]c1. The number of hydrogen-bond acceptors (Lipinski definition) is 2. The van der Waals surface area contributed by atoms with Gasteiger partial charge < -0.3 is 5.32 Å². The van der Waals surface area contributed by atoms with Crippen molar-refractivity contribution < 1.29 is 9.18 Å². The van der Waals surface area contributed by atoms with E-state index in [1.165, 1.54) is 6.07 Å². The van der Waals surface area contributed by atoms with Crippen molar-refractivity contribution >= 4 is 33.4 Å². The van der Waals surface area contributed by atoms with Crippen LogP contribution in [-0.4, -0.2) is 16.1 Å². The van der Waals surface area contributed by atoms with E-state index in [1.54, 1.807) is 19.3 Å². The Bertz CT molecular complexity index is 603. The van der Waals surface area contributed by atoms with Crippen LogP contribution in [0.4, 0.5) is 4.39 Å². The summed E-state index contributed by atoms with van der Waals surface area (Å²) in [6.45, 7) is 1.80. The highest BCUT2D eigenvalue weighted by atomic mass is 79.9. The van der Waals surface area contributed by atoms with Crippen LogP contribution in [0.2, 0.25) is 5.02 Å². The Balaban J connectivity index is 2.21. The average molecular weight is 347 g/mol. The molecule has 1 amide bonds. The standard InChI is InChI=1S/C12H10BrClFN3O/c1-6(7-4-16-17-5-7)18-12(19)9-2-8(14)3-10(15)11(9)13/h2-6H,1H3,(H,16,17)(H,18,19)/t6-/m1/s1. The molecule has 7 heteroatoms. The van der Waals surface area contributed by atoms with Gasteiger partial charge in [0.05, 0.1) is 22.3 Å². The second-order valence-corrected chi connectivity index (χ2v) is 5.21. The lowest BCUT2D eigenvalue weighted by Gasteiger charge is -2.13. The zero-order chi connectivity index (χ0) is 14.0. The van der Waals surface area contributed by atoms with E-state index in [4.69, 9.17) is 11.6 Å². The summed E-state index contributed by atoms with van der Waals surface area (Å²) in [7, 11) is 0. The van der Waals surface area contributed by atoms with Crippen LogP contribution in [-0.2, 0) is 0 Å². The number of aromatic amines is 1. The van der Waals surface area contributed by atoms with Crippen LogP contribution < -0.4 is 5.32 Å². The monoisotopic (exact) mass is 345 g/mol. The van der Waals surface area contributed by atoms with E-state index in [0.717, 1.165) is 11.6 Å². The fraction of sp³-hybridized carbons (Fsp3) is 0.167. The number of hydrogen-bond donors (Lipinski definition) is 2. The van der Waals surface area contributed by atoms with Crippen molar-refractivity contribution in [1.82, 2.24) is 15.5 Å². The Morgan fingerprint density at radius 2 is 2.32 bits per heavy atom. The van der Waals surface area contributed by atoms with E-state index in [0.29, 0.717) is 0 Å². The Kier molecular flexibility index (Phi) is 4.21. The molecule has 0 bridgehead atoms. The molecule has 0 spiro atoms. The summed E-state index contributed by atoms with van der Waals surface area (Å²) >= 11 is 8.79. The van der Waals surface area contributed by atoms with E-state index < -0.39 is 11.7 Å². The molecule has 100 valence electrons. The van der Waals surface area contributed by atoms with Gasteiger partial charge in [-0.05, 0) is 35.0 Å². The van der Waals surface area contributed by atoms with Crippen LogP contribution in [0.1, 0.15) is 28.9 Å². The second kappa shape index (κ2) is 5.71. The fourth-order valence-corrected chi connectivity index (χ4v) is 2.19. The zero-order valence-electron chi connectivity index (χ0n) is 9.88. The van der Waals surface area contributed by atoms with Crippen LogP contribution >= 0.6 is 27.5 Å². The van der Waals surface area contributed by atoms with Crippen molar-refractivity contribution in [3.63, 3.8) is 0 Å². The number of nitrogens with zero attached hydrogens (tertiary/aromatic N) is 1. The van der Waals surface area contributed by atoms with Crippen molar-refractivity contribution in [1.29, 1.82) is 0 Å². The summed E-state index contributed by atoms with van der Waals surface area (Å²) in [5.41, 5.74) is 0.979. The van der Waals surface area contributed by atoms with Crippen LogP contribution in [0.5, 0.6) is 0 Å². The summed E-state index contributed by atoms with van der Waals surface area (Å²) in [4.78, 5) is 12.1. The molecule has 2 rings (SSSR count). The molecular weight excluding hydrogens is 337 g/mol. The van der Waals surface area contributed by atoms with Crippen molar-refractivity contribution in [3.8, 4) is 0 Å². The van der Waals surface area contributed by atoms with Gasteiger partial charge in [0.25, 0.3) is 5.91 Å². The normalized spacial score (nSPS) is 12.2. The van der Waals surface area contributed by atoms with E-state index >= 15 is 0 Å². The molecule has 1 aromatic heterocycles. The molecule has 0 fully saturated rings. The molecule has 1 aromatic carbocycles. The number of amides is 1. The van der Waals surface area contributed by atoms with Crippen molar-refractivity contribution in [2.24, 2.45) is 0 Å². The van der Waals surface area contributed by atoms with E-state index in [2.05, 4.69) is 31.4 Å². The van der Waals surface area contributed by atoms with Crippen LogP contribution in [0.3, 0.4) is 0 Å². The van der Waals surface area contributed by atoms with Crippen LogP contribution in [0, 0.1) is 5.82 Å². The maximum atomic E-state index is 13.5. The topological polar surface area (TPSA) is 57.8 Å². The number of aromatic nitrogens is 2. The predicted octanol–water partition coefficient (Wildman–Crippen LogP) is 3.46. The Labute approximate surface area is 122 Å². The Hall–Kier alpha value is -1.40. The number of carbonyl (C=O) groups excluding carboxylic acids is 1. The summed E-state index contributed by atoms with van der Waals surface area (Å²) in [5.74, 6) is -0.990. The Morgan fingerprint density at radius 1 is 1.58 bits per heavy atom. The fourth-order valence-electron chi connectivity index (χ4n) is 1.58. The largest absolute Gasteiger partial charge is 0.345 e. The summed E-state index contributed by atoms with van der Waals surface area (Å²) in [5, 5.41) is 9.37. The molecule has 1 atom stereocenters. The highest BCUT2D eigenvalue weighted by molar-refractivity contribution is 9.10. The van der Waals surface area contributed by atoms with Gasteiger partial charge in [-0.15, -0.1) is 0 Å². The van der Waals surface area contributed by atoms with Gasteiger partial charge in [-0.25, -0.2) is 4.39 Å². The number of carbonyl (C=O) groups is 1. The van der Waals surface area contributed by atoms with Gasteiger partial charge in [0.15, 0.2) is 0 Å². The number of H-pyrrole nitrogens is 1. The van der Waals surface area contributed by atoms with E-state index in [-0.39, 0.29) is 21.1 Å². The lowest BCUT2D eigenvalue weighted by atomic mass is 10.1. The van der Waals surface area contributed by atoms with Gasteiger partial charge in [-0.2, -0.15) is 5.10 Å². The molecule has 0 aliphatic rings. The van der Waals surface area contributed by atoms with Gasteiger partial charge in [-0.1, -0.05) is 11.6 Å². The number of rotatable bonds is 3. The maximum Gasteiger partial charge on any atom is 0.253 e. The lowest BCUT2D eigenvalue weighted by molar-refractivity contribution is 0.0938. The third kappa shape index (κ3) is 3.13. The molecular formula is C12H10BrClFN3O. The van der Waals surface area contributed by atoms with Gasteiger partial charge >= 0.3 is 0 Å². The van der Waals surface area contributed by atoms with Crippen molar-refractivity contribution in [3.05, 3.63) is 51.0 Å². The first-order valence-corrected chi connectivity index (χ1v) is 6.60.